The fourth-order valence-corrected chi connectivity index (χ4v) is 2.89. The first-order valence-electron chi connectivity index (χ1n) is 6.79. The Kier molecular flexibility index (Phi) is 5.54. The number of carboxylic acids is 1. The molecule has 2 amide bonds. The number of nitrogens with zero attached hydrogens (tertiary/aromatic N) is 1. The van der Waals surface area contributed by atoms with E-state index >= 15 is 0 Å². The highest BCUT2D eigenvalue weighted by Crippen LogP contribution is 2.22. The molecule has 1 unspecified atom stereocenters. The van der Waals surface area contributed by atoms with Gasteiger partial charge in [0.1, 0.15) is 5.00 Å². The summed E-state index contributed by atoms with van der Waals surface area (Å²) in [6.07, 6.45) is -0.0354. The van der Waals surface area contributed by atoms with Crippen molar-refractivity contribution in [2.75, 3.05) is 38.1 Å². The summed E-state index contributed by atoms with van der Waals surface area (Å²) in [5, 5.41) is 16.2. The minimum atomic E-state index is -1.05. The molecule has 0 radical (unpaired) electrons. The number of morpholine rings is 1. The predicted molar refractivity (Wildman–Crippen MR) is 80.2 cm³/mol. The lowest BCUT2D eigenvalue weighted by atomic mass is 10.2. The van der Waals surface area contributed by atoms with Gasteiger partial charge in [-0.25, -0.2) is 9.59 Å². The number of ether oxygens (including phenoxy) is 1. The summed E-state index contributed by atoms with van der Waals surface area (Å²) in [6.45, 7) is 5.81. The van der Waals surface area contributed by atoms with Gasteiger partial charge in [-0.15, -0.1) is 11.3 Å². The molecule has 8 heteroatoms. The summed E-state index contributed by atoms with van der Waals surface area (Å²) in [7, 11) is 0. The average Bonchev–Trinajstić information content (AvgIpc) is 2.93. The van der Waals surface area contributed by atoms with Gasteiger partial charge in [-0.3, -0.25) is 10.2 Å². The second-order valence-electron chi connectivity index (χ2n) is 4.69. The minimum Gasteiger partial charge on any atom is -0.478 e. The van der Waals surface area contributed by atoms with Crippen molar-refractivity contribution in [2.45, 2.75) is 13.0 Å². The maximum atomic E-state index is 11.8. The summed E-state index contributed by atoms with van der Waals surface area (Å²) in [6, 6.07) is 1.04. The van der Waals surface area contributed by atoms with Gasteiger partial charge in [-0.05, 0) is 18.0 Å². The van der Waals surface area contributed by atoms with E-state index in [1.54, 1.807) is 5.38 Å². The maximum absolute atomic E-state index is 11.8. The normalized spacial score (nSPS) is 19.2. The van der Waals surface area contributed by atoms with Crippen LogP contribution in [0, 0.1) is 0 Å². The SMILES string of the molecule is CCN1CCOC(CNC(=O)Nc2sccc2C(=O)O)C1. The molecule has 1 aromatic rings. The number of likely N-dealkylation sites (N-methyl/N-ethyl adjacent to an activating group) is 1. The summed E-state index contributed by atoms with van der Waals surface area (Å²) in [5.74, 6) is -1.05. The van der Waals surface area contributed by atoms with Crippen LogP contribution in [0.3, 0.4) is 0 Å². The lowest BCUT2D eigenvalue weighted by Crippen LogP contribution is -2.47. The Morgan fingerprint density at radius 3 is 3.10 bits per heavy atom. The van der Waals surface area contributed by atoms with Crippen molar-refractivity contribution in [1.82, 2.24) is 10.2 Å². The molecule has 116 valence electrons. The van der Waals surface area contributed by atoms with E-state index in [2.05, 4.69) is 22.5 Å². The topological polar surface area (TPSA) is 90.9 Å². The van der Waals surface area contributed by atoms with Crippen LogP contribution < -0.4 is 10.6 Å². The average molecular weight is 313 g/mol. The fraction of sp³-hybridized carbons (Fsp3) is 0.538. The van der Waals surface area contributed by atoms with Crippen molar-refractivity contribution in [3.63, 3.8) is 0 Å². The first-order valence-corrected chi connectivity index (χ1v) is 7.67. The highest BCUT2D eigenvalue weighted by Gasteiger charge is 2.20. The standard InChI is InChI=1S/C13H19N3O4S/c1-2-16-4-5-20-9(8-16)7-14-13(19)15-11-10(12(17)18)3-6-21-11/h3,6,9H,2,4-5,7-8H2,1H3,(H,17,18)(H2,14,15,19). The Hall–Kier alpha value is -1.64. The second kappa shape index (κ2) is 7.39. The molecule has 1 aromatic heterocycles. The van der Waals surface area contributed by atoms with Gasteiger partial charge in [-0.1, -0.05) is 6.92 Å². The van der Waals surface area contributed by atoms with Crippen LogP contribution in [0.5, 0.6) is 0 Å². The quantitative estimate of drug-likeness (QED) is 0.762. The van der Waals surface area contributed by atoms with Crippen molar-refractivity contribution < 1.29 is 19.4 Å². The smallest absolute Gasteiger partial charge is 0.338 e. The van der Waals surface area contributed by atoms with Crippen molar-refractivity contribution in [1.29, 1.82) is 0 Å². The van der Waals surface area contributed by atoms with Crippen molar-refractivity contribution >= 4 is 28.3 Å². The zero-order valence-electron chi connectivity index (χ0n) is 11.8. The molecule has 0 saturated carbocycles. The number of carbonyl (C=O) groups excluding carboxylic acids is 1. The van der Waals surface area contributed by atoms with Gasteiger partial charge >= 0.3 is 12.0 Å². The molecule has 0 aliphatic carbocycles. The van der Waals surface area contributed by atoms with Gasteiger partial charge in [0.25, 0.3) is 0 Å². The van der Waals surface area contributed by atoms with Crippen LogP contribution in [0.1, 0.15) is 17.3 Å². The third-order valence-electron chi connectivity index (χ3n) is 3.28. The van der Waals surface area contributed by atoms with E-state index in [9.17, 15) is 9.59 Å². The first-order chi connectivity index (χ1) is 10.1. The van der Waals surface area contributed by atoms with Crippen LogP contribution in [0.25, 0.3) is 0 Å². The Bertz CT molecular complexity index is 505. The monoisotopic (exact) mass is 313 g/mol. The van der Waals surface area contributed by atoms with Gasteiger partial charge < -0.3 is 15.2 Å². The highest BCUT2D eigenvalue weighted by atomic mass is 32.1. The first kappa shape index (κ1) is 15.7. The number of anilines is 1. The summed E-state index contributed by atoms with van der Waals surface area (Å²) in [5.41, 5.74) is 0.0984. The van der Waals surface area contributed by atoms with Crippen LogP contribution in [0.4, 0.5) is 9.80 Å². The van der Waals surface area contributed by atoms with Crippen LogP contribution in [0.15, 0.2) is 11.4 Å². The van der Waals surface area contributed by atoms with E-state index in [0.717, 1.165) is 19.6 Å². The number of carboxylic acid groups (broad SMARTS) is 1. The summed E-state index contributed by atoms with van der Waals surface area (Å²) in [4.78, 5) is 25.0. The van der Waals surface area contributed by atoms with E-state index in [1.807, 2.05) is 0 Å². The molecule has 2 heterocycles. The van der Waals surface area contributed by atoms with Crippen molar-refractivity contribution in [2.24, 2.45) is 0 Å². The minimum absolute atomic E-state index is 0.0354. The number of hydrogen-bond donors (Lipinski definition) is 3. The van der Waals surface area contributed by atoms with E-state index in [4.69, 9.17) is 9.84 Å². The van der Waals surface area contributed by atoms with Gasteiger partial charge in [0.05, 0.1) is 18.3 Å². The lowest BCUT2D eigenvalue weighted by Gasteiger charge is -2.32. The van der Waals surface area contributed by atoms with Gasteiger partial charge in [0.15, 0.2) is 0 Å². The van der Waals surface area contributed by atoms with E-state index < -0.39 is 12.0 Å². The Balaban J connectivity index is 1.79. The Morgan fingerprint density at radius 2 is 2.38 bits per heavy atom. The number of urea groups is 1. The molecule has 0 spiro atoms. The molecule has 2 rings (SSSR count). The molecule has 3 N–H and O–H groups in total. The van der Waals surface area contributed by atoms with Crippen molar-refractivity contribution in [3.05, 3.63) is 17.0 Å². The molecule has 1 saturated heterocycles. The van der Waals surface area contributed by atoms with Gasteiger partial charge in [-0.2, -0.15) is 0 Å². The summed E-state index contributed by atoms with van der Waals surface area (Å²) >= 11 is 1.18. The molecule has 1 atom stereocenters. The molecule has 21 heavy (non-hydrogen) atoms. The molecule has 0 aromatic carbocycles. The molecule has 1 aliphatic rings. The van der Waals surface area contributed by atoms with Crippen LogP contribution >= 0.6 is 11.3 Å². The van der Waals surface area contributed by atoms with E-state index in [1.165, 1.54) is 17.4 Å². The predicted octanol–water partition coefficient (Wildman–Crippen LogP) is 1.29. The second-order valence-corrected chi connectivity index (χ2v) is 5.61. The molecule has 0 bridgehead atoms. The number of nitrogens with one attached hydrogen (secondary N) is 2. The summed E-state index contributed by atoms with van der Waals surface area (Å²) < 4.78 is 5.58. The number of aromatic carboxylic acids is 1. The van der Waals surface area contributed by atoms with Crippen LogP contribution in [0.2, 0.25) is 0 Å². The number of hydrogen-bond acceptors (Lipinski definition) is 5. The number of thiophene rings is 1. The van der Waals surface area contributed by atoms with Gasteiger partial charge in [0, 0.05) is 19.6 Å². The lowest BCUT2D eigenvalue weighted by molar-refractivity contribution is -0.0238. The largest absolute Gasteiger partial charge is 0.478 e. The molecular formula is C13H19N3O4S. The van der Waals surface area contributed by atoms with E-state index in [0.29, 0.717) is 18.2 Å². The number of rotatable bonds is 5. The molecule has 1 aliphatic heterocycles. The van der Waals surface area contributed by atoms with Crippen LogP contribution in [-0.2, 0) is 4.74 Å². The zero-order chi connectivity index (χ0) is 15.2. The van der Waals surface area contributed by atoms with E-state index in [-0.39, 0.29) is 11.7 Å². The van der Waals surface area contributed by atoms with Crippen molar-refractivity contribution in [3.8, 4) is 0 Å². The Labute approximate surface area is 126 Å². The van der Waals surface area contributed by atoms with Gasteiger partial charge in [0.2, 0.25) is 0 Å². The third kappa shape index (κ3) is 4.42. The maximum Gasteiger partial charge on any atom is 0.338 e. The highest BCUT2D eigenvalue weighted by molar-refractivity contribution is 7.14. The van der Waals surface area contributed by atoms with Crippen LogP contribution in [-0.4, -0.2) is 60.9 Å². The Morgan fingerprint density at radius 1 is 1.57 bits per heavy atom. The fourth-order valence-electron chi connectivity index (χ4n) is 2.12. The zero-order valence-corrected chi connectivity index (χ0v) is 12.6. The number of carbonyl (C=O) groups is 2. The molecule has 7 nitrogen and oxygen atoms in total. The molecule has 1 fully saturated rings. The molecular weight excluding hydrogens is 294 g/mol. The third-order valence-corrected chi connectivity index (χ3v) is 4.11. The number of amides is 2.